The van der Waals surface area contributed by atoms with E-state index < -0.39 is 12.1 Å². The van der Waals surface area contributed by atoms with Crippen LogP contribution in [0.2, 0.25) is 0 Å². The van der Waals surface area contributed by atoms with Gasteiger partial charge in [0.2, 0.25) is 0 Å². The SMILES string of the molecule is COC(C(=O)[O-])c1cc2ccccc2s1. The number of rotatable bonds is 3. The van der Waals surface area contributed by atoms with E-state index in [1.165, 1.54) is 18.4 Å². The molecular formula is C11H9O3S-. The molecule has 0 radical (unpaired) electrons. The van der Waals surface area contributed by atoms with Gasteiger partial charge in [-0.2, -0.15) is 0 Å². The van der Waals surface area contributed by atoms with Gasteiger partial charge in [-0.15, -0.1) is 11.3 Å². The lowest BCUT2D eigenvalue weighted by atomic mass is 10.2. The Kier molecular flexibility index (Phi) is 2.70. The zero-order valence-electron chi connectivity index (χ0n) is 8.10. The van der Waals surface area contributed by atoms with Crippen LogP contribution in [0.3, 0.4) is 0 Å². The Bertz CT molecular complexity index is 456. The Morgan fingerprint density at radius 2 is 2.20 bits per heavy atom. The van der Waals surface area contributed by atoms with Gasteiger partial charge < -0.3 is 14.6 Å². The van der Waals surface area contributed by atoms with Crippen molar-refractivity contribution in [3.05, 3.63) is 35.2 Å². The summed E-state index contributed by atoms with van der Waals surface area (Å²) in [4.78, 5) is 11.4. The highest BCUT2D eigenvalue weighted by atomic mass is 32.1. The summed E-state index contributed by atoms with van der Waals surface area (Å²) in [6.07, 6.45) is -0.970. The number of carbonyl (C=O) groups excluding carboxylic acids is 1. The zero-order valence-corrected chi connectivity index (χ0v) is 8.91. The molecular weight excluding hydrogens is 212 g/mol. The molecule has 0 amide bonds. The van der Waals surface area contributed by atoms with Crippen LogP contribution in [0.15, 0.2) is 30.3 Å². The second-order valence-corrected chi connectivity index (χ2v) is 4.24. The minimum absolute atomic E-state index is 0.665. The van der Waals surface area contributed by atoms with Crippen molar-refractivity contribution in [3.63, 3.8) is 0 Å². The van der Waals surface area contributed by atoms with E-state index in [1.807, 2.05) is 30.3 Å². The lowest BCUT2D eigenvalue weighted by Gasteiger charge is -2.13. The molecule has 78 valence electrons. The molecule has 0 aliphatic heterocycles. The highest BCUT2D eigenvalue weighted by molar-refractivity contribution is 7.19. The van der Waals surface area contributed by atoms with E-state index in [1.54, 1.807) is 0 Å². The molecule has 1 atom stereocenters. The third-order valence-electron chi connectivity index (χ3n) is 2.15. The second-order valence-electron chi connectivity index (χ2n) is 3.12. The number of carbonyl (C=O) groups is 1. The number of ether oxygens (including phenoxy) is 1. The van der Waals surface area contributed by atoms with Crippen LogP contribution in [-0.4, -0.2) is 13.1 Å². The van der Waals surface area contributed by atoms with Crippen LogP contribution in [0.1, 0.15) is 11.0 Å². The first-order valence-corrected chi connectivity index (χ1v) is 5.26. The third-order valence-corrected chi connectivity index (χ3v) is 3.31. The van der Waals surface area contributed by atoms with Crippen LogP contribution >= 0.6 is 11.3 Å². The maximum absolute atomic E-state index is 10.8. The van der Waals surface area contributed by atoms with Crippen molar-refractivity contribution < 1.29 is 14.6 Å². The number of methoxy groups -OCH3 is 1. The van der Waals surface area contributed by atoms with E-state index in [4.69, 9.17) is 4.74 Å². The number of benzene rings is 1. The van der Waals surface area contributed by atoms with Gasteiger partial charge in [0.1, 0.15) is 6.10 Å². The predicted octanol–water partition coefficient (Wildman–Crippen LogP) is 1.34. The summed E-state index contributed by atoms with van der Waals surface area (Å²) in [5.74, 6) is -1.20. The number of fused-ring (bicyclic) bond motifs is 1. The Morgan fingerprint density at radius 1 is 1.47 bits per heavy atom. The van der Waals surface area contributed by atoms with E-state index in [0.717, 1.165) is 10.1 Å². The number of thiophene rings is 1. The Labute approximate surface area is 90.9 Å². The van der Waals surface area contributed by atoms with Crippen molar-refractivity contribution in [3.8, 4) is 0 Å². The van der Waals surface area contributed by atoms with E-state index >= 15 is 0 Å². The van der Waals surface area contributed by atoms with Gasteiger partial charge in [0.25, 0.3) is 0 Å². The fraction of sp³-hybridized carbons (Fsp3) is 0.182. The van der Waals surface area contributed by atoms with E-state index in [0.29, 0.717) is 4.88 Å². The summed E-state index contributed by atoms with van der Waals surface area (Å²) in [5, 5.41) is 11.8. The molecule has 0 saturated heterocycles. The molecule has 0 N–H and O–H groups in total. The monoisotopic (exact) mass is 221 g/mol. The largest absolute Gasteiger partial charge is 0.547 e. The Hall–Kier alpha value is -1.39. The maximum atomic E-state index is 10.8. The van der Waals surface area contributed by atoms with Gasteiger partial charge in [-0.1, -0.05) is 18.2 Å². The predicted molar refractivity (Wildman–Crippen MR) is 56.6 cm³/mol. The van der Waals surface area contributed by atoms with Gasteiger partial charge in [-0.05, 0) is 17.5 Å². The molecule has 0 aliphatic rings. The van der Waals surface area contributed by atoms with Crippen molar-refractivity contribution in [2.75, 3.05) is 7.11 Å². The third kappa shape index (κ3) is 1.86. The molecule has 0 aliphatic carbocycles. The van der Waals surface area contributed by atoms with E-state index in [9.17, 15) is 9.90 Å². The van der Waals surface area contributed by atoms with Gasteiger partial charge in [-0.3, -0.25) is 0 Å². The molecule has 4 heteroatoms. The molecule has 0 saturated carbocycles. The van der Waals surface area contributed by atoms with Crippen LogP contribution in [-0.2, 0) is 9.53 Å². The quantitative estimate of drug-likeness (QED) is 0.785. The molecule has 15 heavy (non-hydrogen) atoms. The number of carboxylic acid groups (broad SMARTS) is 1. The van der Waals surface area contributed by atoms with Crippen molar-refractivity contribution in [1.29, 1.82) is 0 Å². The molecule has 1 unspecified atom stereocenters. The van der Waals surface area contributed by atoms with E-state index in [2.05, 4.69) is 0 Å². The normalized spacial score (nSPS) is 12.9. The van der Waals surface area contributed by atoms with Gasteiger partial charge in [0.15, 0.2) is 0 Å². The van der Waals surface area contributed by atoms with E-state index in [-0.39, 0.29) is 0 Å². The fourth-order valence-corrected chi connectivity index (χ4v) is 2.59. The van der Waals surface area contributed by atoms with Crippen molar-refractivity contribution >= 4 is 27.4 Å². The Balaban J connectivity index is 2.47. The van der Waals surface area contributed by atoms with Gasteiger partial charge in [0.05, 0.1) is 5.97 Å². The van der Waals surface area contributed by atoms with Crippen LogP contribution in [0.4, 0.5) is 0 Å². The molecule has 0 bridgehead atoms. The second kappa shape index (κ2) is 4.00. The first kappa shape index (κ1) is 10.1. The van der Waals surface area contributed by atoms with Gasteiger partial charge >= 0.3 is 0 Å². The average molecular weight is 221 g/mol. The first-order chi connectivity index (χ1) is 7.22. The minimum Gasteiger partial charge on any atom is -0.547 e. The van der Waals surface area contributed by atoms with Crippen LogP contribution < -0.4 is 5.11 Å². The fourth-order valence-electron chi connectivity index (χ4n) is 1.46. The summed E-state index contributed by atoms with van der Waals surface area (Å²) in [6, 6.07) is 9.55. The molecule has 2 rings (SSSR count). The molecule has 1 aromatic heterocycles. The molecule has 2 aromatic rings. The summed E-state index contributed by atoms with van der Waals surface area (Å²) in [7, 11) is 1.37. The Morgan fingerprint density at radius 3 is 2.80 bits per heavy atom. The zero-order chi connectivity index (χ0) is 10.8. The van der Waals surface area contributed by atoms with Crippen molar-refractivity contribution in [2.45, 2.75) is 6.10 Å². The number of carboxylic acids is 1. The summed E-state index contributed by atoms with van der Waals surface area (Å²) in [6.45, 7) is 0. The average Bonchev–Trinajstić information content (AvgIpc) is 2.61. The smallest absolute Gasteiger partial charge is 0.131 e. The summed E-state index contributed by atoms with van der Waals surface area (Å²) in [5.41, 5.74) is 0. The molecule has 0 fully saturated rings. The highest BCUT2D eigenvalue weighted by Crippen LogP contribution is 2.30. The molecule has 1 heterocycles. The number of hydrogen-bond donors (Lipinski definition) is 0. The molecule has 0 spiro atoms. The van der Waals surface area contributed by atoms with Crippen LogP contribution in [0.25, 0.3) is 10.1 Å². The molecule has 3 nitrogen and oxygen atoms in total. The van der Waals surface area contributed by atoms with Crippen LogP contribution in [0, 0.1) is 0 Å². The van der Waals surface area contributed by atoms with Gasteiger partial charge in [-0.25, -0.2) is 0 Å². The topological polar surface area (TPSA) is 49.4 Å². The maximum Gasteiger partial charge on any atom is 0.131 e. The van der Waals surface area contributed by atoms with Crippen LogP contribution in [0.5, 0.6) is 0 Å². The number of hydrogen-bond acceptors (Lipinski definition) is 4. The van der Waals surface area contributed by atoms with Gasteiger partial charge in [0, 0.05) is 16.7 Å². The highest BCUT2D eigenvalue weighted by Gasteiger charge is 2.14. The lowest BCUT2D eigenvalue weighted by molar-refractivity contribution is -0.316. The van der Waals surface area contributed by atoms with Crippen molar-refractivity contribution in [1.82, 2.24) is 0 Å². The number of aliphatic carboxylic acids is 1. The standard InChI is InChI=1S/C11H10O3S/c1-14-10(11(12)13)9-6-7-4-2-3-5-8(7)15-9/h2-6,10H,1H3,(H,12,13)/p-1. The summed E-state index contributed by atoms with van der Waals surface area (Å²) >= 11 is 1.41. The minimum atomic E-state index is -1.20. The molecule has 1 aromatic carbocycles. The summed E-state index contributed by atoms with van der Waals surface area (Å²) < 4.78 is 5.93. The van der Waals surface area contributed by atoms with Crippen molar-refractivity contribution in [2.24, 2.45) is 0 Å². The lowest BCUT2D eigenvalue weighted by Crippen LogP contribution is -2.30. The first-order valence-electron chi connectivity index (χ1n) is 4.44.